The van der Waals surface area contributed by atoms with Crippen LogP contribution in [-0.4, -0.2) is 39.4 Å². The Morgan fingerprint density at radius 3 is 2.69 bits per heavy atom. The Hall–Kier alpha value is -0.160. The summed E-state index contributed by atoms with van der Waals surface area (Å²) < 4.78 is 5.27. The molecule has 1 saturated heterocycles. The Balaban J connectivity index is 2.05. The lowest BCUT2D eigenvalue weighted by molar-refractivity contribution is -0.362. The molecule has 13 heavy (non-hydrogen) atoms. The van der Waals surface area contributed by atoms with Gasteiger partial charge in [0.2, 0.25) is 0 Å². The first-order valence-corrected chi connectivity index (χ1v) is 4.85. The molecule has 0 radical (unpaired) electrons. The van der Waals surface area contributed by atoms with Crippen LogP contribution in [0.15, 0.2) is 0 Å². The Morgan fingerprint density at radius 2 is 2.15 bits per heavy atom. The summed E-state index contributed by atoms with van der Waals surface area (Å²) in [6.07, 6.45) is 0.185. The van der Waals surface area contributed by atoms with Crippen molar-refractivity contribution < 1.29 is 20.1 Å². The topological polar surface area (TPSA) is 69.9 Å². The smallest absolute Gasteiger partial charge is 0.176 e. The van der Waals surface area contributed by atoms with E-state index >= 15 is 0 Å². The summed E-state index contributed by atoms with van der Waals surface area (Å²) in [5, 5.41) is 28.6. The molecule has 2 fully saturated rings. The van der Waals surface area contributed by atoms with E-state index in [0.717, 1.165) is 12.8 Å². The number of aliphatic hydroxyl groups is 3. The third kappa shape index (κ3) is 1.21. The van der Waals surface area contributed by atoms with Crippen molar-refractivity contribution in [2.45, 2.75) is 50.3 Å². The van der Waals surface area contributed by atoms with Crippen LogP contribution >= 0.6 is 0 Å². The van der Waals surface area contributed by atoms with Crippen LogP contribution in [0.25, 0.3) is 0 Å². The van der Waals surface area contributed by atoms with Gasteiger partial charge in [0.25, 0.3) is 0 Å². The second-order valence-corrected chi connectivity index (χ2v) is 4.08. The standard InChI is InChI=1S/C9H16O4/c1-2-3-6-7-8(11)5(10)4-9(7,12)13-6/h5-8,10-12H,2-4H2,1H3. The summed E-state index contributed by atoms with van der Waals surface area (Å²) in [4.78, 5) is 0. The van der Waals surface area contributed by atoms with Gasteiger partial charge >= 0.3 is 0 Å². The monoisotopic (exact) mass is 188 g/mol. The summed E-state index contributed by atoms with van der Waals surface area (Å²) in [6, 6.07) is 0. The predicted molar refractivity (Wildman–Crippen MR) is 44.9 cm³/mol. The van der Waals surface area contributed by atoms with E-state index in [9.17, 15) is 15.3 Å². The molecule has 1 saturated carbocycles. The minimum absolute atomic E-state index is 0.0813. The molecule has 5 unspecified atom stereocenters. The van der Waals surface area contributed by atoms with E-state index in [4.69, 9.17) is 4.74 Å². The Bertz CT molecular complexity index is 208. The number of fused-ring (bicyclic) bond motifs is 1. The average Bonchev–Trinajstić information content (AvgIpc) is 2.18. The van der Waals surface area contributed by atoms with Gasteiger partial charge in [-0.2, -0.15) is 0 Å². The van der Waals surface area contributed by atoms with E-state index in [0.29, 0.717) is 0 Å². The van der Waals surface area contributed by atoms with Gasteiger partial charge < -0.3 is 20.1 Å². The van der Waals surface area contributed by atoms with Crippen LogP contribution < -0.4 is 0 Å². The summed E-state index contributed by atoms with van der Waals surface area (Å²) in [6.45, 7) is 2.03. The molecule has 0 aromatic carbocycles. The molecule has 4 heteroatoms. The number of aliphatic hydroxyl groups excluding tert-OH is 2. The largest absolute Gasteiger partial charge is 0.390 e. The summed E-state index contributed by atoms with van der Waals surface area (Å²) in [5.74, 6) is -1.54. The minimum atomic E-state index is -1.25. The van der Waals surface area contributed by atoms with Crippen LogP contribution in [0.4, 0.5) is 0 Å². The summed E-state index contributed by atoms with van der Waals surface area (Å²) >= 11 is 0. The molecule has 4 nitrogen and oxygen atoms in total. The van der Waals surface area contributed by atoms with Crippen molar-refractivity contribution in [3.05, 3.63) is 0 Å². The zero-order valence-electron chi connectivity index (χ0n) is 7.68. The molecule has 1 aliphatic heterocycles. The van der Waals surface area contributed by atoms with E-state index in [-0.39, 0.29) is 18.4 Å². The molecule has 1 heterocycles. The molecular weight excluding hydrogens is 172 g/mol. The molecule has 2 rings (SSSR count). The molecule has 0 bridgehead atoms. The van der Waals surface area contributed by atoms with E-state index < -0.39 is 18.0 Å². The Labute approximate surface area is 77.1 Å². The van der Waals surface area contributed by atoms with Crippen molar-refractivity contribution >= 4 is 0 Å². The lowest BCUT2D eigenvalue weighted by Gasteiger charge is -2.48. The highest BCUT2D eigenvalue weighted by Crippen LogP contribution is 2.50. The minimum Gasteiger partial charge on any atom is -0.390 e. The second kappa shape index (κ2) is 2.92. The van der Waals surface area contributed by atoms with Gasteiger partial charge in [-0.1, -0.05) is 13.3 Å². The van der Waals surface area contributed by atoms with E-state index in [2.05, 4.69) is 0 Å². The molecule has 76 valence electrons. The van der Waals surface area contributed by atoms with Crippen LogP contribution in [0, 0.1) is 5.92 Å². The average molecular weight is 188 g/mol. The quantitative estimate of drug-likeness (QED) is 0.552. The zero-order chi connectivity index (χ0) is 9.64. The molecular formula is C9H16O4. The first kappa shape index (κ1) is 9.40. The van der Waals surface area contributed by atoms with Crippen molar-refractivity contribution in [3.8, 4) is 0 Å². The van der Waals surface area contributed by atoms with Gasteiger partial charge in [-0.05, 0) is 6.42 Å². The maximum Gasteiger partial charge on any atom is 0.176 e. The summed E-state index contributed by atoms with van der Waals surface area (Å²) in [5.41, 5.74) is 0. The van der Waals surface area contributed by atoms with Gasteiger partial charge in [-0.3, -0.25) is 0 Å². The molecule has 3 N–H and O–H groups in total. The van der Waals surface area contributed by atoms with Crippen LogP contribution in [0.2, 0.25) is 0 Å². The lowest BCUT2D eigenvalue weighted by atomic mass is 9.85. The number of hydrogen-bond donors (Lipinski definition) is 3. The predicted octanol–water partition coefficient (Wildman–Crippen LogP) is -0.384. The maximum absolute atomic E-state index is 9.75. The van der Waals surface area contributed by atoms with E-state index in [1.165, 1.54) is 0 Å². The molecule has 0 spiro atoms. The highest BCUT2D eigenvalue weighted by atomic mass is 16.7. The van der Waals surface area contributed by atoms with Gasteiger partial charge in [0.1, 0.15) is 0 Å². The van der Waals surface area contributed by atoms with Gasteiger partial charge in [-0.15, -0.1) is 0 Å². The van der Waals surface area contributed by atoms with E-state index in [1.807, 2.05) is 6.92 Å². The number of ether oxygens (including phenoxy) is 1. The normalized spacial score (nSPS) is 54.5. The molecule has 0 aromatic heterocycles. The van der Waals surface area contributed by atoms with Crippen molar-refractivity contribution in [1.82, 2.24) is 0 Å². The second-order valence-electron chi connectivity index (χ2n) is 4.08. The number of rotatable bonds is 2. The fourth-order valence-electron chi connectivity index (χ4n) is 2.49. The van der Waals surface area contributed by atoms with Crippen LogP contribution in [0.3, 0.4) is 0 Å². The third-order valence-corrected chi connectivity index (χ3v) is 3.11. The van der Waals surface area contributed by atoms with Crippen molar-refractivity contribution in [2.75, 3.05) is 0 Å². The fourth-order valence-corrected chi connectivity index (χ4v) is 2.49. The van der Waals surface area contributed by atoms with Crippen molar-refractivity contribution in [2.24, 2.45) is 5.92 Å². The Morgan fingerprint density at radius 1 is 1.46 bits per heavy atom. The fraction of sp³-hybridized carbons (Fsp3) is 1.00. The first-order valence-electron chi connectivity index (χ1n) is 4.85. The Kier molecular flexibility index (Phi) is 2.11. The molecule has 1 aliphatic carbocycles. The SMILES string of the molecule is CCCC1OC2(O)CC(O)C(O)C12. The van der Waals surface area contributed by atoms with Crippen LogP contribution in [-0.2, 0) is 4.74 Å². The van der Waals surface area contributed by atoms with Crippen LogP contribution in [0.1, 0.15) is 26.2 Å². The zero-order valence-corrected chi connectivity index (χ0v) is 7.68. The van der Waals surface area contributed by atoms with Crippen LogP contribution in [0.5, 0.6) is 0 Å². The van der Waals surface area contributed by atoms with Gasteiger partial charge in [-0.25, -0.2) is 0 Å². The summed E-state index contributed by atoms with van der Waals surface area (Å²) in [7, 11) is 0. The lowest BCUT2D eigenvalue weighted by Crippen LogP contribution is -2.59. The highest BCUT2D eigenvalue weighted by molar-refractivity contribution is 5.07. The van der Waals surface area contributed by atoms with E-state index in [1.54, 1.807) is 0 Å². The van der Waals surface area contributed by atoms with Crippen molar-refractivity contribution in [3.63, 3.8) is 0 Å². The first-order chi connectivity index (χ1) is 6.08. The third-order valence-electron chi connectivity index (χ3n) is 3.11. The molecule has 0 aromatic rings. The number of hydrogen-bond acceptors (Lipinski definition) is 4. The molecule has 5 atom stereocenters. The van der Waals surface area contributed by atoms with Gasteiger partial charge in [0, 0.05) is 6.42 Å². The van der Waals surface area contributed by atoms with Crippen molar-refractivity contribution in [1.29, 1.82) is 0 Å². The van der Waals surface area contributed by atoms with Gasteiger partial charge in [0.15, 0.2) is 5.79 Å². The maximum atomic E-state index is 9.75. The van der Waals surface area contributed by atoms with Gasteiger partial charge in [0.05, 0.1) is 24.2 Å². The molecule has 2 aliphatic rings. The molecule has 0 amide bonds. The highest BCUT2D eigenvalue weighted by Gasteiger charge is 2.64.